The highest BCUT2D eigenvalue weighted by atomic mass is 35.5. The largest absolute Gasteiger partial charge is 0.469 e. The number of nitrogens with zero attached hydrogens (tertiary/aromatic N) is 2. The van der Waals surface area contributed by atoms with Crippen molar-refractivity contribution < 1.29 is 14.1 Å². The maximum absolute atomic E-state index is 11.7. The molecule has 0 bridgehead atoms. The Hall–Kier alpha value is -1.92. The molecule has 0 spiro atoms. The number of benzene rings is 1. The first kappa shape index (κ1) is 17.4. The Bertz CT molecular complexity index is 667. The summed E-state index contributed by atoms with van der Waals surface area (Å²) in [6.07, 6.45) is 0. The second kappa shape index (κ2) is 7.10. The molecule has 1 atom stereocenters. The Morgan fingerprint density at radius 3 is 2.65 bits per heavy atom. The Kier molecular flexibility index (Phi) is 5.38. The molecule has 1 aromatic heterocycles. The quantitative estimate of drug-likeness (QED) is 0.815. The van der Waals surface area contributed by atoms with Crippen molar-refractivity contribution in [2.24, 2.45) is 5.41 Å². The minimum Gasteiger partial charge on any atom is -0.469 e. The van der Waals surface area contributed by atoms with Crippen molar-refractivity contribution in [1.29, 1.82) is 0 Å². The molecule has 1 unspecified atom stereocenters. The fourth-order valence-corrected chi connectivity index (χ4v) is 2.10. The number of hydrogen-bond acceptors (Lipinski definition) is 6. The summed E-state index contributed by atoms with van der Waals surface area (Å²) in [4.78, 5) is 16.1. The van der Waals surface area contributed by atoms with Crippen LogP contribution in [0.5, 0.6) is 0 Å². The fourth-order valence-electron chi connectivity index (χ4n) is 1.97. The zero-order chi connectivity index (χ0) is 17.0. The summed E-state index contributed by atoms with van der Waals surface area (Å²) >= 11 is 5.86. The second-order valence-electron chi connectivity index (χ2n) is 5.94. The summed E-state index contributed by atoms with van der Waals surface area (Å²) in [6.45, 7) is 5.95. The SMILES string of the molecule is COC(=O)C(C)(C)CNC(C)c1nc(-c2ccc(Cl)cc2)no1. The van der Waals surface area contributed by atoms with E-state index >= 15 is 0 Å². The van der Waals surface area contributed by atoms with Gasteiger partial charge in [-0.1, -0.05) is 16.8 Å². The lowest BCUT2D eigenvalue weighted by molar-refractivity contribution is -0.150. The average molecular weight is 338 g/mol. The zero-order valence-electron chi connectivity index (χ0n) is 13.6. The topological polar surface area (TPSA) is 77.2 Å². The molecule has 1 aromatic carbocycles. The normalized spacial score (nSPS) is 12.9. The molecule has 0 aliphatic carbocycles. The van der Waals surface area contributed by atoms with E-state index in [-0.39, 0.29) is 12.0 Å². The van der Waals surface area contributed by atoms with Gasteiger partial charge < -0.3 is 14.6 Å². The highest BCUT2D eigenvalue weighted by molar-refractivity contribution is 6.30. The molecule has 124 valence electrons. The van der Waals surface area contributed by atoms with Gasteiger partial charge in [-0.05, 0) is 45.0 Å². The number of rotatable bonds is 6. The number of aromatic nitrogens is 2. The van der Waals surface area contributed by atoms with E-state index in [0.717, 1.165) is 5.56 Å². The summed E-state index contributed by atoms with van der Waals surface area (Å²) in [6, 6.07) is 7.01. The maximum Gasteiger partial charge on any atom is 0.312 e. The number of ether oxygens (including phenoxy) is 1. The molecular formula is C16H20ClN3O3. The summed E-state index contributed by atoms with van der Waals surface area (Å²) in [5.74, 6) is 0.678. The zero-order valence-corrected chi connectivity index (χ0v) is 14.3. The molecule has 23 heavy (non-hydrogen) atoms. The number of carbonyl (C=O) groups is 1. The molecule has 2 aromatic rings. The Balaban J connectivity index is 2.02. The molecule has 0 radical (unpaired) electrons. The van der Waals surface area contributed by atoms with Gasteiger partial charge in [0.25, 0.3) is 0 Å². The van der Waals surface area contributed by atoms with Gasteiger partial charge in [0.1, 0.15) is 0 Å². The van der Waals surface area contributed by atoms with Gasteiger partial charge in [0.15, 0.2) is 0 Å². The predicted molar refractivity (Wildman–Crippen MR) is 87.0 cm³/mol. The highest BCUT2D eigenvalue weighted by Gasteiger charge is 2.29. The van der Waals surface area contributed by atoms with Crippen LogP contribution < -0.4 is 5.32 Å². The molecule has 1 N–H and O–H groups in total. The lowest BCUT2D eigenvalue weighted by Crippen LogP contribution is -2.38. The molecule has 1 heterocycles. The van der Waals surface area contributed by atoms with E-state index in [1.165, 1.54) is 7.11 Å². The third kappa shape index (κ3) is 4.30. The van der Waals surface area contributed by atoms with Crippen LogP contribution in [0.2, 0.25) is 5.02 Å². The van der Waals surface area contributed by atoms with Gasteiger partial charge in [0.05, 0.1) is 18.6 Å². The minimum absolute atomic E-state index is 0.188. The van der Waals surface area contributed by atoms with Crippen LogP contribution in [0.1, 0.15) is 32.7 Å². The first-order valence-corrected chi connectivity index (χ1v) is 7.62. The molecule has 0 saturated heterocycles. The van der Waals surface area contributed by atoms with E-state index in [1.807, 2.05) is 32.9 Å². The van der Waals surface area contributed by atoms with Crippen molar-refractivity contribution >= 4 is 17.6 Å². The molecule has 0 aliphatic heterocycles. The van der Waals surface area contributed by atoms with E-state index in [1.54, 1.807) is 12.1 Å². The smallest absolute Gasteiger partial charge is 0.312 e. The monoisotopic (exact) mass is 337 g/mol. The summed E-state index contributed by atoms with van der Waals surface area (Å²) in [7, 11) is 1.38. The van der Waals surface area contributed by atoms with E-state index < -0.39 is 5.41 Å². The molecule has 0 fully saturated rings. The van der Waals surface area contributed by atoms with Gasteiger partial charge in [-0.15, -0.1) is 0 Å². The summed E-state index contributed by atoms with van der Waals surface area (Å²) in [5.41, 5.74) is 0.189. The van der Waals surface area contributed by atoms with Crippen LogP contribution in [0, 0.1) is 5.41 Å². The van der Waals surface area contributed by atoms with Crippen molar-refractivity contribution in [2.75, 3.05) is 13.7 Å². The van der Waals surface area contributed by atoms with Gasteiger partial charge in [-0.2, -0.15) is 4.98 Å². The van der Waals surface area contributed by atoms with Crippen molar-refractivity contribution in [1.82, 2.24) is 15.5 Å². The molecule has 6 nitrogen and oxygen atoms in total. The molecular weight excluding hydrogens is 318 g/mol. The number of hydrogen-bond donors (Lipinski definition) is 1. The van der Waals surface area contributed by atoms with Crippen molar-refractivity contribution in [3.8, 4) is 11.4 Å². The standard InChI is InChI=1S/C16H20ClN3O3/c1-10(18-9-16(2,3)15(21)22-4)14-19-13(20-23-14)11-5-7-12(17)8-6-11/h5-8,10,18H,9H2,1-4H3. The predicted octanol–water partition coefficient (Wildman–Crippen LogP) is 3.24. The lowest BCUT2D eigenvalue weighted by atomic mass is 9.93. The molecule has 7 heteroatoms. The average Bonchev–Trinajstić information content (AvgIpc) is 3.02. The van der Waals surface area contributed by atoms with Gasteiger partial charge >= 0.3 is 5.97 Å². The van der Waals surface area contributed by atoms with Crippen LogP contribution in [-0.4, -0.2) is 29.8 Å². The van der Waals surface area contributed by atoms with Crippen molar-refractivity contribution in [3.63, 3.8) is 0 Å². The van der Waals surface area contributed by atoms with E-state index in [0.29, 0.717) is 23.3 Å². The Morgan fingerprint density at radius 2 is 2.04 bits per heavy atom. The summed E-state index contributed by atoms with van der Waals surface area (Å²) in [5, 5.41) is 7.83. The second-order valence-corrected chi connectivity index (χ2v) is 6.38. The number of nitrogens with one attached hydrogen (secondary N) is 1. The molecule has 0 saturated carbocycles. The third-order valence-corrected chi connectivity index (χ3v) is 3.75. The van der Waals surface area contributed by atoms with Gasteiger partial charge in [-0.3, -0.25) is 4.79 Å². The van der Waals surface area contributed by atoms with Crippen molar-refractivity contribution in [2.45, 2.75) is 26.8 Å². The summed E-state index contributed by atoms with van der Waals surface area (Å²) < 4.78 is 10.1. The van der Waals surface area contributed by atoms with Crippen LogP contribution in [0.3, 0.4) is 0 Å². The van der Waals surface area contributed by atoms with Gasteiger partial charge in [0.2, 0.25) is 11.7 Å². The highest BCUT2D eigenvalue weighted by Crippen LogP contribution is 2.22. The first-order chi connectivity index (χ1) is 10.8. The Labute approximate surface area is 140 Å². The van der Waals surface area contributed by atoms with Crippen molar-refractivity contribution in [3.05, 3.63) is 35.2 Å². The van der Waals surface area contributed by atoms with Crippen LogP contribution in [0.25, 0.3) is 11.4 Å². The van der Waals surface area contributed by atoms with E-state index in [4.69, 9.17) is 20.9 Å². The van der Waals surface area contributed by atoms with E-state index in [2.05, 4.69) is 15.5 Å². The molecule has 0 aliphatic rings. The number of esters is 1. The molecule has 2 rings (SSSR count). The van der Waals surface area contributed by atoms with Crippen LogP contribution >= 0.6 is 11.6 Å². The van der Waals surface area contributed by atoms with Crippen LogP contribution in [0.4, 0.5) is 0 Å². The first-order valence-electron chi connectivity index (χ1n) is 7.25. The van der Waals surface area contributed by atoms with Crippen LogP contribution in [-0.2, 0) is 9.53 Å². The number of halogens is 1. The van der Waals surface area contributed by atoms with E-state index in [9.17, 15) is 4.79 Å². The van der Waals surface area contributed by atoms with Gasteiger partial charge in [0, 0.05) is 17.1 Å². The van der Waals surface area contributed by atoms with Gasteiger partial charge in [-0.25, -0.2) is 0 Å². The maximum atomic E-state index is 11.7. The minimum atomic E-state index is -0.637. The molecule has 0 amide bonds. The number of methoxy groups -OCH3 is 1. The fraction of sp³-hybridized carbons (Fsp3) is 0.438. The lowest BCUT2D eigenvalue weighted by Gasteiger charge is -2.23. The number of carbonyl (C=O) groups excluding carboxylic acids is 1. The Morgan fingerprint density at radius 1 is 1.39 bits per heavy atom. The third-order valence-electron chi connectivity index (χ3n) is 3.50. The van der Waals surface area contributed by atoms with Crippen LogP contribution in [0.15, 0.2) is 28.8 Å².